The second-order valence-electron chi connectivity index (χ2n) is 3.69. The van der Waals surface area contributed by atoms with E-state index in [1.165, 1.54) is 6.07 Å². The summed E-state index contributed by atoms with van der Waals surface area (Å²) in [5, 5.41) is 0.279. The van der Waals surface area contributed by atoms with Gasteiger partial charge in [-0.25, -0.2) is 4.98 Å². The van der Waals surface area contributed by atoms with E-state index in [4.69, 9.17) is 0 Å². The molecule has 0 radical (unpaired) electrons. The van der Waals surface area contributed by atoms with Crippen molar-refractivity contribution in [2.45, 2.75) is 11.5 Å². The van der Waals surface area contributed by atoms with Crippen LogP contribution in [-0.4, -0.2) is 4.98 Å². The van der Waals surface area contributed by atoms with Crippen molar-refractivity contribution < 1.29 is 13.2 Å². The van der Waals surface area contributed by atoms with E-state index in [0.717, 1.165) is 11.6 Å². The third-order valence-electron chi connectivity index (χ3n) is 2.48. The summed E-state index contributed by atoms with van der Waals surface area (Å²) < 4.78 is 37.7. The highest BCUT2D eigenvalue weighted by atomic mass is 79.9. The average molecular weight is 316 g/mol. The Morgan fingerprint density at radius 3 is 2.22 bits per heavy atom. The first-order chi connectivity index (χ1) is 8.52. The monoisotopic (exact) mass is 315 g/mol. The molecule has 94 valence electrons. The molecule has 0 aliphatic carbocycles. The Labute approximate surface area is 111 Å². The van der Waals surface area contributed by atoms with Crippen molar-refractivity contribution in [2.24, 2.45) is 0 Å². The lowest BCUT2D eigenvalue weighted by molar-refractivity contribution is -0.141. The number of nitrogens with zero attached hydrogens (tertiary/aromatic N) is 1. The highest BCUT2D eigenvalue weighted by molar-refractivity contribution is 9.08. The van der Waals surface area contributed by atoms with Gasteiger partial charge in [0.05, 0.1) is 5.69 Å². The summed E-state index contributed by atoms with van der Waals surface area (Å²) in [6, 6.07) is 11.7. The zero-order valence-corrected chi connectivity index (χ0v) is 10.8. The number of benzene rings is 1. The molecule has 0 saturated heterocycles. The molecule has 1 heterocycles. The molecule has 0 bridgehead atoms. The Balaban J connectivity index is 2.51. The smallest absolute Gasteiger partial charge is 0.247 e. The fraction of sp³-hybridized carbons (Fsp3) is 0.154. The first-order valence-electron chi connectivity index (χ1n) is 5.21. The highest BCUT2D eigenvalue weighted by Crippen LogP contribution is 2.31. The molecule has 2 aromatic rings. The number of rotatable bonds is 2. The third-order valence-corrected chi connectivity index (χ3v) is 3.01. The SMILES string of the molecule is FC(F)(F)c1ccc(-c2ccccc2)c(CBr)n1. The lowest BCUT2D eigenvalue weighted by Crippen LogP contribution is -2.09. The van der Waals surface area contributed by atoms with E-state index in [1.54, 1.807) is 0 Å². The van der Waals surface area contributed by atoms with Crippen molar-refractivity contribution in [3.63, 3.8) is 0 Å². The van der Waals surface area contributed by atoms with Crippen LogP contribution in [0.2, 0.25) is 0 Å². The van der Waals surface area contributed by atoms with Crippen LogP contribution in [0, 0.1) is 0 Å². The molecule has 0 spiro atoms. The normalized spacial score (nSPS) is 11.6. The van der Waals surface area contributed by atoms with Gasteiger partial charge in [0, 0.05) is 10.9 Å². The van der Waals surface area contributed by atoms with Gasteiger partial charge in [-0.2, -0.15) is 13.2 Å². The Morgan fingerprint density at radius 2 is 1.67 bits per heavy atom. The Hall–Kier alpha value is -1.36. The molecule has 1 aromatic carbocycles. The van der Waals surface area contributed by atoms with Crippen LogP contribution < -0.4 is 0 Å². The summed E-state index contributed by atoms with van der Waals surface area (Å²) in [7, 11) is 0. The molecule has 0 aliphatic rings. The second kappa shape index (κ2) is 5.10. The Bertz CT molecular complexity index is 538. The van der Waals surface area contributed by atoms with E-state index in [2.05, 4.69) is 20.9 Å². The van der Waals surface area contributed by atoms with Gasteiger partial charge in [-0.1, -0.05) is 52.3 Å². The predicted molar refractivity (Wildman–Crippen MR) is 67.3 cm³/mol. The number of alkyl halides is 4. The van der Waals surface area contributed by atoms with E-state index in [9.17, 15) is 13.2 Å². The fourth-order valence-corrected chi connectivity index (χ4v) is 2.07. The van der Waals surface area contributed by atoms with Crippen molar-refractivity contribution in [2.75, 3.05) is 0 Å². The molecule has 18 heavy (non-hydrogen) atoms. The molecule has 1 nitrogen and oxygen atoms in total. The molecule has 1 aromatic heterocycles. The zero-order chi connectivity index (χ0) is 13.2. The lowest BCUT2D eigenvalue weighted by Gasteiger charge is -2.11. The van der Waals surface area contributed by atoms with Gasteiger partial charge in [-0.05, 0) is 11.6 Å². The van der Waals surface area contributed by atoms with Gasteiger partial charge in [-0.3, -0.25) is 0 Å². The predicted octanol–water partition coefficient (Wildman–Crippen LogP) is 4.66. The number of hydrogen-bond donors (Lipinski definition) is 0. The van der Waals surface area contributed by atoms with Crippen LogP contribution in [0.25, 0.3) is 11.1 Å². The molecule has 0 unspecified atom stereocenters. The van der Waals surface area contributed by atoms with Gasteiger partial charge < -0.3 is 0 Å². The van der Waals surface area contributed by atoms with Crippen LogP contribution in [0.3, 0.4) is 0 Å². The minimum absolute atomic E-state index is 0.279. The van der Waals surface area contributed by atoms with Gasteiger partial charge in [0.25, 0.3) is 0 Å². The second-order valence-corrected chi connectivity index (χ2v) is 4.25. The molecule has 0 aliphatic heterocycles. The maximum absolute atomic E-state index is 12.6. The summed E-state index contributed by atoms with van der Waals surface area (Å²) in [5.41, 5.74) is 1.08. The van der Waals surface area contributed by atoms with Gasteiger partial charge in [0.15, 0.2) is 0 Å². The average Bonchev–Trinajstić information content (AvgIpc) is 2.38. The maximum Gasteiger partial charge on any atom is 0.433 e. The maximum atomic E-state index is 12.6. The van der Waals surface area contributed by atoms with E-state index in [-0.39, 0.29) is 5.33 Å². The van der Waals surface area contributed by atoms with Crippen LogP contribution in [0.5, 0.6) is 0 Å². The highest BCUT2D eigenvalue weighted by Gasteiger charge is 2.32. The van der Waals surface area contributed by atoms with Gasteiger partial charge in [0.1, 0.15) is 5.69 Å². The van der Waals surface area contributed by atoms with Gasteiger partial charge in [0.2, 0.25) is 0 Å². The third kappa shape index (κ3) is 2.72. The van der Waals surface area contributed by atoms with Crippen molar-refractivity contribution in [3.05, 3.63) is 53.9 Å². The fourth-order valence-electron chi connectivity index (χ4n) is 1.64. The molecular weight excluding hydrogens is 307 g/mol. The standard InChI is InChI=1S/C13H9BrF3N/c14-8-11-10(9-4-2-1-3-5-9)6-7-12(18-11)13(15,16)17/h1-7H,8H2. The Morgan fingerprint density at radius 1 is 1.00 bits per heavy atom. The largest absolute Gasteiger partial charge is 0.433 e. The van der Waals surface area contributed by atoms with Crippen molar-refractivity contribution in [1.29, 1.82) is 0 Å². The van der Waals surface area contributed by atoms with Crippen LogP contribution in [0.1, 0.15) is 11.4 Å². The van der Waals surface area contributed by atoms with E-state index >= 15 is 0 Å². The van der Waals surface area contributed by atoms with E-state index in [1.807, 2.05) is 30.3 Å². The summed E-state index contributed by atoms with van der Waals surface area (Å²) in [6.45, 7) is 0. The molecule has 0 N–H and O–H groups in total. The quantitative estimate of drug-likeness (QED) is 0.734. The molecule has 0 fully saturated rings. The van der Waals surface area contributed by atoms with Crippen LogP contribution in [0.4, 0.5) is 13.2 Å². The van der Waals surface area contributed by atoms with E-state index < -0.39 is 11.9 Å². The van der Waals surface area contributed by atoms with E-state index in [0.29, 0.717) is 11.3 Å². The Kier molecular flexibility index (Phi) is 3.71. The minimum Gasteiger partial charge on any atom is -0.247 e. The summed E-state index contributed by atoms with van der Waals surface area (Å²) in [5.74, 6) is 0. The molecule has 0 saturated carbocycles. The van der Waals surface area contributed by atoms with Gasteiger partial charge >= 0.3 is 6.18 Å². The van der Waals surface area contributed by atoms with Crippen molar-refractivity contribution in [1.82, 2.24) is 4.98 Å². The molecular formula is C13H9BrF3N. The summed E-state index contributed by atoms with van der Waals surface area (Å²) in [4.78, 5) is 3.67. The first-order valence-corrected chi connectivity index (χ1v) is 6.33. The number of halogens is 4. The van der Waals surface area contributed by atoms with Crippen LogP contribution in [0.15, 0.2) is 42.5 Å². The minimum atomic E-state index is -4.41. The van der Waals surface area contributed by atoms with Crippen molar-refractivity contribution in [3.8, 4) is 11.1 Å². The van der Waals surface area contributed by atoms with Crippen LogP contribution >= 0.6 is 15.9 Å². The zero-order valence-electron chi connectivity index (χ0n) is 9.21. The number of pyridine rings is 1. The molecule has 5 heteroatoms. The van der Waals surface area contributed by atoms with Crippen LogP contribution in [-0.2, 0) is 11.5 Å². The molecule has 2 rings (SSSR count). The summed E-state index contributed by atoms with van der Waals surface area (Å²) in [6.07, 6.45) is -4.41. The first kappa shape index (κ1) is 13.1. The topological polar surface area (TPSA) is 12.9 Å². The summed E-state index contributed by atoms with van der Waals surface area (Å²) >= 11 is 3.18. The number of hydrogen-bond acceptors (Lipinski definition) is 1. The molecule has 0 amide bonds. The van der Waals surface area contributed by atoms with Crippen molar-refractivity contribution >= 4 is 15.9 Å². The molecule has 0 atom stereocenters. The van der Waals surface area contributed by atoms with Gasteiger partial charge in [-0.15, -0.1) is 0 Å². The lowest BCUT2D eigenvalue weighted by atomic mass is 10.0. The number of aromatic nitrogens is 1.